The molecule has 0 bridgehead atoms. The van der Waals surface area contributed by atoms with Gasteiger partial charge in [-0.1, -0.05) is 11.6 Å². The maximum Gasteiger partial charge on any atom is 0.263 e. The molecule has 0 aliphatic heterocycles. The molecule has 0 unspecified atom stereocenters. The van der Waals surface area contributed by atoms with Crippen LogP contribution in [0.5, 0.6) is 0 Å². The molecule has 1 aromatic carbocycles. The van der Waals surface area contributed by atoms with Crippen molar-refractivity contribution >= 4 is 33.0 Å². The van der Waals surface area contributed by atoms with E-state index in [1.807, 2.05) is 0 Å². The van der Waals surface area contributed by atoms with Crippen molar-refractivity contribution < 1.29 is 8.42 Å². The summed E-state index contributed by atoms with van der Waals surface area (Å²) in [5.41, 5.74) is 5.99. The summed E-state index contributed by atoms with van der Waals surface area (Å²) in [5, 5.41) is 0.0336. The van der Waals surface area contributed by atoms with Crippen LogP contribution in [0.1, 0.15) is 6.92 Å². The highest BCUT2D eigenvalue weighted by Crippen LogP contribution is 2.25. The van der Waals surface area contributed by atoms with E-state index in [0.717, 1.165) is 0 Å². The zero-order valence-corrected chi connectivity index (χ0v) is 12.8. The van der Waals surface area contributed by atoms with Crippen molar-refractivity contribution in [1.82, 2.24) is 4.57 Å². The molecule has 0 saturated heterocycles. The van der Waals surface area contributed by atoms with E-state index in [0.29, 0.717) is 12.2 Å². The monoisotopic (exact) mass is 327 g/mol. The Morgan fingerprint density at radius 3 is 2.62 bits per heavy atom. The van der Waals surface area contributed by atoms with Crippen molar-refractivity contribution in [2.24, 2.45) is 0 Å². The van der Waals surface area contributed by atoms with Gasteiger partial charge in [-0.25, -0.2) is 8.42 Å². The van der Waals surface area contributed by atoms with Crippen LogP contribution in [0.4, 0.5) is 11.4 Å². The molecule has 8 heteroatoms. The van der Waals surface area contributed by atoms with Crippen molar-refractivity contribution in [3.63, 3.8) is 0 Å². The molecule has 21 heavy (non-hydrogen) atoms. The van der Waals surface area contributed by atoms with Gasteiger partial charge in [-0.05, 0) is 31.2 Å². The second kappa shape index (κ2) is 5.79. The van der Waals surface area contributed by atoms with Crippen molar-refractivity contribution in [1.29, 1.82) is 0 Å². The number of nitrogens with zero attached hydrogens (tertiary/aromatic N) is 1. The van der Waals surface area contributed by atoms with Crippen LogP contribution in [0.15, 0.2) is 46.2 Å². The Balaban J connectivity index is 2.39. The van der Waals surface area contributed by atoms with Crippen LogP contribution in [-0.4, -0.2) is 13.0 Å². The van der Waals surface area contributed by atoms with Crippen LogP contribution < -0.4 is 16.0 Å². The van der Waals surface area contributed by atoms with E-state index in [9.17, 15) is 13.2 Å². The van der Waals surface area contributed by atoms with E-state index in [-0.39, 0.29) is 21.2 Å². The molecule has 0 saturated carbocycles. The predicted molar refractivity (Wildman–Crippen MR) is 83.0 cm³/mol. The highest BCUT2D eigenvalue weighted by atomic mass is 35.5. The normalized spacial score (nSPS) is 11.3. The third-order valence-corrected chi connectivity index (χ3v) is 4.69. The number of aromatic nitrogens is 1. The summed E-state index contributed by atoms with van der Waals surface area (Å²) in [7, 11) is -3.85. The highest BCUT2D eigenvalue weighted by Gasteiger charge is 2.18. The molecule has 2 rings (SSSR count). The Hall–Kier alpha value is -1.99. The number of pyridine rings is 1. The van der Waals surface area contributed by atoms with Gasteiger partial charge in [0.05, 0.1) is 10.7 Å². The molecule has 112 valence electrons. The maximum absolute atomic E-state index is 12.3. The predicted octanol–water partition coefficient (Wildman–Crippen LogP) is 1.90. The minimum absolute atomic E-state index is 0.0336. The molecule has 3 N–H and O–H groups in total. The number of hydrogen-bond acceptors (Lipinski definition) is 4. The lowest BCUT2D eigenvalue weighted by Crippen LogP contribution is -2.20. The lowest BCUT2D eigenvalue weighted by molar-refractivity contribution is 0.601. The highest BCUT2D eigenvalue weighted by molar-refractivity contribution is 7.92. The number of aryl methyl sites for hydroxylation is 1. The van der Waals surface area contributed by atoms with Crippen LogP contribution in [0, 0.1) is 0 Å². The summed E-state index contributed by atoms with van der Waals surface area (Å²) in [6.07, 6.45) is 1.44. The van der Waals surface area contributed by atoms with E-state index in [2.05, 4.69) is 4.72 Å². The fourth-order valence-electron chi connectivity index (χ4n) is 1.78. The zero-order valence-electron chi connectivity index (χ0n) is 11.2. The topological polar surface area (TPSA) is 94.2 Å². The van der Waals surface area contributed by atoms with Gasteiger partial charge in [-0.2, -0.15) is 0 Å². The molecule has 0 spiro atoms. The molecule has 0 aliphatic carbocycles. The first-order chi connectivity index (χ1) is 9.83. The molecule has 1 aromatic heterocycles. The zero-order chi connectivity index (χ0) is 15.6. The van der Waals surface area contributed by atoms with Gasteiger partial charge in [0.1, 0.15) is 4.90 Å². The van der Waals surface area contributed by atoms with Gasteiger partial charge in [0, 0.05) is 24.5 Å². The first kappa shape index (κ1) is 15.4. The Labute approximate surface area is 127 Å². The van der Waals surface area contributed by atoms with E-state index < -0.39 is 10.0 Å². The van der Waals surface area contributed by atoms with Gasteiger partial charge in [0.25, 0.3) is 15.6 Å². The summed E-state index contributed by atoms with van der Waals surface area (Å²) in [5.74, 6) is 0. The van der Waals surface area contributed by atoms with Crippen LogP contribution in [0.3, 0.4) is 0 Å². The minimum atomic E-state index is -3.85. The molecule has 2 aromatic rings. The number of halogens is 1. The molecule has 0 atom stereocenters. The van der Waals surface area contributed by atoms with Gasteiger partial charge in [0.15, 0.2) is 0 Å². The fourth-order valence-corrected chi connectivity index (χ4v) is 3.38. The molecule has 0 aliphatic rings. The molecular formula is C13H14ClN3O3S. The number of rotatable bonds is 4. The smallest absolute Gasteiger partial charge is 0.263 e. The fraction of sp³-hybridized carbons (Fsp3) is 0.154. The number of hydrogen-bond donors (Lipinski definition) is 2. The van der Waals surface area contributed by atoms with E-state index in [1.165, 1.54) is 41.1 Å². The number of nitrogens with two attached hydrogens (primary N) is 1. The average molecular weight is 328 g/mol. The molecule has 0 amide bonds. The Bertz CT molecular complexity index is 831. The molecule has 0 fully saturated rings. The summed E-state index contributed by atoms with van der Waals surface area (Å²) >= 11 is 5.91. The summed E-state index contributed by atoms with van der Waals surface area (Å²) in [4.78, 5) is 11.4. The van der Waals surface area contributed by atoms with Gasteiger partial charge in [0.2, 0.25) is 0 Å². The number of anilines is 2. The molecule has 6 nitrogen and oxygen atoms in total. The summed E-state index contributed by atoms with van der Waals surface area (Å²) in [6.45, 7) is 2.23. The Morgan fingerprint density at radius 1 is 1.29 bits per heavy atom. The standard InChI is InChI=1S/C13H14ClN3O3S/c1-2-17-8-10(4-6-13(17)18)16-21(19,20)12-5-3-9(15)7-11(12)14/h3-8,16H,2,15H2,1H3. The Morgan fingerprint density at radius 2 is 2.00 bits per heavy atom. The molecule has 0 radical (unpaired) electrons. The first-order valence-electron chi connectivity index (χ1n) is 6.12. The summed E-state index contributed by atoms with van der Waals surface area (Å²) in [6, 6.07) is 6.84. The van der Waals surface area contributed by atoms with Crippen molar-refractivity contribution in [3.8, 4) is 0 Å². The quantitative estimate of drug-likeness (QED) is 0.839. The second-order valence-electron chi connectivity index (χ2n) is 4.34. The van der Waals surface area contributed by atoms with Gasteiger partial charge < -0.3 is 10.3 Å². The number of nitrogens with one attached hydrogen (secondary N) is 1. The van der Waals surface area contributed by atoms with Gasteiger partial charge >= 0.3 is 0 Å². The number of benzene rings is 1. The number of sulfonamides is 1. The van der Waals surface area contributed by atoms with Crippen LogP contribution in [-0.2, 0) is 16.6 Å². The van der Waals surface area contributed by atoms with E-state index >= 15 is 0 Å². The van der Waals surface area contributed by atoms with Gasteiger partial charge in [-0.3, -0.25) is 9.52 Å². The first-order valence-corrected chi connectivity index (χ1v) is 7.98. The van der Waals surface area contributed by atoms with Crippen LogP contribution in [0.25, 0.3) is 0 Å². The van der Waals surface area contributed by atoms with Crippen molar-refractivity contribution in [3.05, 3.63) is 51.9 Å². The van der Waals surface area contributed by atoms with E-state index in [4.69, 9.17) is 17.3 Å². The van der Waals surface area contributed by atoms with Crippen molar-refractivity contribution in [2.45, 2.75) is 18.4 Å². The molecule has 1 heterocycles. The van der Waals surface area contributed by atoms with E-state index in [1.54, 1.807) is 6.92 Å². The lowest BCUT2D eigenvalue weighted by atomic mass is 10.3. The van der Waals surface area contributed by atoms with Crippen LogP contribution >= 0.6 is 11.6 Å². The minimum Gasteiger partial charge on any atom is -0.399 e. The van der Waals surface area contributed by atoms with Crippen LogP contribution in [0.2, 0.25) is 5.02 Å². The largest absolute Gasteiger partial charge is 0.399 e. The third kappa shape index (κ3) is 3.37. The molecular weight excluding hydrogens is 314 g/mol. The summed E-state index contributed by atoms with van der Waals surface area (Å²) < 4.78 is 28.4. The van der Waals surface area contributed by atoms with Crippen molar-refractivity contribution in [2.75, 3.05) is 10.5 Å². The average Bonchev–Trinajstić information content (AvgIpc) is 2.40. The Kier molecular flexibility index (Phi) is 4.24. The lowest BCUT2D eigenvalue weighted by Gasteiger charge is -2.11. The third-order valence-electron chi connectivity index (χ3n) is 2.82. The second-order valence-corrected chi connectivity index (χ2v) is 6.40. The number of nitrogen functional groups attached to an aromatic ring is 1. The van der Waals surface area contributed by atoms with Gasteiger partial charge in [-0.15, -0.1) is 0 Å². The maximum atomic E-state index is 12.3. The SMILES string of the molecule is CCn1cc(NS(=O)(=O)c2ccc(N)cc2Cl)ccc1=O.